The van der Waals surface area contributed by atoms with Crippen molar-refractivity contribution in [2.45, 2.75) is 49.6 Å². The van der Waals surface area contributed by atoms with Gasteiger partial charge in [0.1, 0.15) is 12.1 Å². The number of anilines is 1. The molecule has 0 radical (unpaired) electrons. The maximum Gasteiger partial charge on any atom is 0.326 e. The van der Waals surface area contributed by atoms with Gasteiger partial charge in [0.25, 0.3) is 0 Å². The molecule has 0 aromatic heterocycles. The Morgan fingerprint density at radius 1 is 0.976 bits per heavy atom. The lowest BCUT2D eigenvalue weighted by atomic mass is 9.99. The molecule has 1 aliphatic rings. The molecule has 0 bridgehead atoms. The van der Waals surface area contributed by atoms with E-state index in [4.69, 9.17) is 5.41 Å². The zero-order chi connectivity index (χ0) is 29.6. The van der Waals surface area contributed by atoms with Gasteiger partial charge in [-0.1, -0.05) is 42.5 Å². The second-order valence-electron chi connectivity index (χ2n) is 9.93. The van der Waals surface area contributed by atoms with E-state index in [9.17, 15) is 27.9 Å². The highest BCUT2D eigenvalue weighted by atomic mass is 32.2. The van der Waals surface area contributed by atoms with Crippen molar-refractivity contribution < 1.29 is 27.9 Å². The average molecular weight is 577 g/mol. The molecule has 10 nitrogen and oxygen atoms in total. The fourth-order valence-electron chi connectivity index (χ4n) is 4.76. The number of nitrogens with zero attached hydrogens (tertiary/aromatic N) is 1. The number of hydrogen-bond acceptors (Lipinski definition) is 6. The molecule has 0 spiro atoms. The number of benzene rings is 3. The van der Waals surface area contributed by atoms with E-state index in [0.29, 0.717) is 29.8 Å². The lowest BCUT2D eigenvalue weighted by Crippen LogP contribution is -2.51. The molecule has 11 heteroatoms. The van der Waals surface area contributed by atoms with Crippen molar-refractivity contribution >= 4 is 39.2 Å². The molecule has 41 heavy (non-hydrogen) atoms. The van der Waals surface area contributed by atoms with E-state index >= 15 is 0 Å². The average Bonchev–Trinajstić information content (AvgIpc) is 3.45. The number of nitrogens with one attached hydrogen (secondary N) is 3. The summed E-state index contributed by atoms with van der Waals surface area (Å²) in [6.07, 6.45) is 0.943. The number of ketones is 1. The van der Waals surface area contributed by atoms with Crippen LogP contribution in [-0.4, -0.2) is 60.0 Å². The van der Waals surface area contributed by atoms with Gasteiger partial charge in [-0.25, -0.2) is 13.2 Å². The summed E-state index contributed by atoms with van der Waals surface area (Å²) < 4.78 is 27.4. The van der Waals surface area contributed by atoms with Crippen LogP contribution in [0.5, 0.6) is 0 Å². The summed E-state index contributed by atoms with van der Waals surface area (Å²) in [5.74, 6) is -1.67. The van der Waals surface area contributed by atoms with Gasteiger partial charge in [0.2, 0.25) is 15.9 Å². The lowest BCUT2D eigenvalue weighted by Gasteiger charge is -2.25. The molecule has 2 unspecified atom stereocenters. The van der Waals surface area contributed by atoms with Crippen molar-refractivity contribution in [3.05, 3.63) is 95.6 Å². The first-order valence-corrected chi connectivity index (χ1v) is 14.6. The first-order valence-electron chi connectivity index (χ1n) is 13.2. The van der Waals surface area contributed by atoms with Crippen LogP contribution in [0.3, 0.4) is 0 Å². The molecule has 1 heterocycles. The van der Waals surface area contributed by atoms with Crippen LogP contribution >= 0.6 is 0 Å². The first kappa shape index (κ1) is 29.6. The van der Waals surface area contributed by atoms with Crippen LogP contribution in [-0.2, 0) is 32.5 Å². The van der Waals surface area contributed by atoms with Gasteiger partial charge in [0.15, 0.2) is 5.78 Å². The largest absolute Gasteiger partial charge is 0.480 e. The van der Waals surface area contributed by atoms with Gasteiger partial charge in [-0.2, -0.15) is 4.31 Å². The number of carboxylic acid groups (broad SMARTS) is 1. The molecule has 4 rings (SSSR count). The number of sulfonamides is 1. The molecule has 1 fully saturated rings. The van der Waals surface area contributed by atoms with Crippen LogP contribution in [0.1, 0.15) is 41.3 Å². The Bertz CT molecular complexity index is 1520. The van der Waals surface area contributed by atoms with Crippen LogP contribution in [0.4, 0.5) is 5.69 Å². The lowest BCUT2D eigenvalue weighted by molar-refractivity contribution is -0.142. The van der Waals surface area contributed by atoms with Crippen LogP contribution in [0.2, 0.25) is 0 Å². The molecule has 214 valence electrons. The number of carbonyl (C=O) groups is 3. The number of Topliss-reactive ketones (excluding diaryl/α,β-unsaturated/α-hetero) is 1. The summed E-state index contributed by atoms with van der Waals surface area (Å²) in [4.78, 5) is 37.9. The standard InChI is InChI=1S/C30H32N4O6S/c1-20(31)32-24-15-13-23(14-16-24)28(35)19-22-11-9-21(10-12-22)18-26(30(37)38)33-29(36)27-8-5-17-34(27)41(39,40)25-6-3-2-4-7-25/h2-4,6-7,9-16,26-27H,5,8,17-19H2,1H3,(H2,31,32)(H,33,36)(H,37,38). The molecule has 0 saturated carbocycles. The zero-order valence-electron chi connectivity index (χ0n) is 22.5. The van der Waals surface area contributed by atoms with Gasteiger partial charge in [-0.15, -0.1) is 0 Å². The van der Waals surface area contributed by atoms with Gasteiger partial charge in [-0.05, 0) is 67.3 Å². The van der Waals surface area contributed by atoms with Gasteiger partial charge < -0.3 is 15.7 Å². The number of amides is 1. The molecular formula is C30H32N4O6S. The van der Waals surface area contributed by atoms with Gasteiger partial charge in [0, 0.05) is 30.6 Å². The van der Waals surface area contributed by atoms with Crippen LogP contribution in [0, 0.1) is 5.41 Å². The minimum atomic E-state index is -3.90. The predicted octanol–water partition coefficient (Wildman–Crippen LogP) is 3.49. The second kappa shape index (κ2) is 12.9. The maximum atomic E-state index is 13.1. The van der Waals surface area contributed by atoms with E-state index in [0.717, 1.165) is 15.6 Å². The number of rotatable bonds is 11. The molecule has 3 aromatic carbocycles. The normalized spacial score (nSPS) is 16.1. The summed E-state index contributed by atoms with van der Waals surface area (Å²) in [7, 11) is -3.90. The molecule has 1 aliphatic heterocycles. The highest BCUT2D eigenvalue weighted by Crippen LogP contribution is 2.26. The highest BCUT2D eigenvalue weighted by Gasteiger charge is 2.40. The molecular weight excluding hydrogens is 544 g/mol. The number of carboxylic acids is 1. The minimum Gasteiger partial charge on any atom is -0.480 e. The first-order chi connectivity index (χ1) is 19.5. The second-order valence-corrected chi connectivity index (χ2v) is 11.8. The summed E-state index contributed by atoms with van der Waals surface area (Å²) in [6, 6.07) is 19.4. The van der Waals surface area contributed by atoms with E-state index in [1.165, 1.54) is 12.1 Å². The number of aliphatic carboxylic acids is 1. The molecule has 1 amide bonds. The number of carbonyl (C=O) groups excluding carboxylic acids is 2. The Balaban J connectivity index is 1.38. The molecule has 4 N–H and O–H groups in total. The quantitative estimate of drug-likeness (QED) is 0.155. The molecule has 3 aromatic rings. The molecule has 1 saturated heterocycles. The Hall–Kier alpha value is -4.35. The van der Waals surface area contributed by atoms with Crippen molar-refractivity contribution in [3.63, 3.8) is 0 Å². The SMILES string of the molecule is CC(=N)Nc1ccc(C(=O)Cc2ccc(CC(NC(=O)C3CCCN3S(=O)(=O)c3ccccc3)C(=O)O)cc2)cc1. The van der Waals surface area contributed by atoms with E-state index in [1.807, 2.05) is 0 Å². The Morgan fingerprint density at radius 3 is 2.22 bits per heavy atom. The van der Waals surface area contributed by atoms with Crippen LogP contribution in [0.25, 0.3) is 0 Å². The third-order valence-corrected chi connectivity index (χ3v) is 8.76. The van der Waals surface area contributed by atoms with Crippen LogP contribution < -0.4 is 10.6 Å². The Labute approximate surface area is 239 Å². The Morgan fingerprint density at radius 2 is 1.61 bits per heavy atom. The number of hydrogen-bond donors (Lipinski definition) is 4. The fraction of sp³-hybridized carbons (Fsp3) is 0.267. The third-order valence-electron chi connectivity index (χ3n) is 6.84. The van der Waals surface area contributed by atoms with Crippen molar-refractivity contribution in [2.75, 3.05) is 11.9 Å². The summed E-state index contributed by atoms with van der Waals surface area (Å²) in [5.41, 5.74) is 2.65. The summed E-state index contributed by atoms with van der Waals surface area (Å²) >= 11 is 0. The summed E-state index contributed by atoms with van der Waals surface area (Å²) in [6.45, 7) is 1.80. The van der Waals surface area contributed by atoms with Crippen molar-refractivity contribution in [2.24, 2.45) is 0 Å². The van der Waals surface area contributed by atoms with Crippen LogP contribution in [0.15, 0.2) is 83.8 Å². The zero-order valence-corrected chi connectivity index (χ0v) is 23.4. The smallest absolute Gasteiger partial charge is 0.326 e. The molecule has 2 atom stereocenters. The van der Waals surface area contributed by atoms with E-state index in [-0.39, 0.29) is 30.1 Å². The fourth-order valence-corrected chi connectivity index (χ4v) is 6.44. The predicted molar refractivity (Wildman–Crippen MR) is 155 cm³/mol. The minimum absolute atomic E-state index is 0.00560. The van der Waals surface area contributed by atoms with Crippen molar-refractivity contribution in [1.82, 2.24) is 9.62 Å². The maximum absolute atomic E-state index is 13.1. The Kier molecular flexibility index (Phi) is 9.31. The van der Waals surface area contributed by atoms with Gasteiger partial charge in [0.05, 0.1) is 10.7 Å². The van der Waals surface area contributed by atoms with Gasteiger partial charge >= 0.3 is 5.97 Å². The molecule has 0 aliphatic carbocycles. The van der Waals surface area contributed by atoms with Gasteiger partial charge in [-0.3, -0.25) is 15.0 Å². The van der Waals surface area contributed by atoms with Crippen molar-refractivity contribution in [1.29, 1.82) is 5.41 Å². The van der Waals surface area contributed by atoms with E-state index < -0.39 is 34.0 Å². The third kappa shape index (κ3) is 7.44. The summed E-state index contributed by atoms with van der Waals surface area (Å²) in [5, 5.41) is 22.7. The van der Waals surface area contributed by atoms with E-state index in [2.05, 4.69) is 10.6 Å². The van der Waals surface area contributed by atoms with E-state index in [1.54, 1.807) is 73.7 Å². The topological polar surface area (TPSA) is 157 Å². The highest BCUT2D eigenvalue weighted by molar-refractivity contribution is 7.89. The number of amidine groups is 1. The monoisotopic (exact) mass is 576 g/mol. The van der Waals surface area contributed by atoms with Crippen molar-refractivity contribution in [3.8, 4) is 0 Å².